The average molecular weight is 281 g/mol. The molecule has 2 heterocycles. The molecule has 2 aromatic carbocycles. The second kappa shape index (κ2) is 4.28. The van der Waals surface area contributed by atoms with Gasteiger partial charge in [0.1, 0.15) is 11.2 Å². The molecule has 0 aliphatic carbocycles. The highest BCUT2D eigenvalue weighted by molar-refractivity contribution is 6.28. The van der Waals surface area contributed by atoms with Crippen molar-refractivity contribution in [1.29, 1.82) is 0 Å². The third-order valence-corrected chi connectivity index (χ3v) is 3.45. The zero-order valence-electron chi connectivity index (χ0n) is 10.3. The van der Waals surface area contributed by atoms with Crippen molar-refractivity contribution in [3.63, 3.8) is 0 Å². The van der Waals surface area contributed by atoms with Crippen LogP contribution in [0.5, 0.6) is 0 Å². The van der Waals surface area contributed by atoms with E-state index in [-0.39, 0.29) is 5.28 Å². The summed E-state index contributed by atoms with van der Waals surface area (Å²) < 4.78 is 0. The lowest BCUT2D eigenvalue weighted by molar-refractivity contribution is 1.20. The van der Waals surface area contributed by atoms with E-state index in [1.165, 1.54) is 5.39 Å². The van der Waals surface area contributed by atoms with Gasteiger partial charge in [-0.3, -0.25) is 0 Å². The molecule has 4 rings (SSSR count). The van der Waals surface area contributed by atoms with E-state index in [9.17, 15) is 0 Å². The first-order valence-electron chi connectivity index (χ1n) is 6.17. The van der Waals surface area contributed by atoms with Crippen LogP contribution >= 0.6 is 11.6 Å². The molecule has 4 aromatic rings. The Morgan fingerprint density at radius 3 is 2.70 bits per heavy atom. The largest absolute Gasteiger partial charge is 0.341 e. The highest BCUT2D eigenvalue weighted by atomic mass is 35.5. The molecule has 0 saturated heterocycles. The van der Waals surface area contributed by atoms with Crippen molar-refractivity contribution in [2.24, 2.45) is 0 Å². The minimum Gasteiger partial charge on any atom is -0.341 e. The summed E-state index contributed by atoms with van der Waals surface area (Å²) in [5, 5.41) is 2.55. The summed E-state index contributed by atoms with van der Waals surface area (Å²) in [6.45, 7) is 0. The molecule has 0 radical (unpaired) electrons. The predicted molar refractivity (Wildman–Crippen MR) is 79.6 cm³/mol. The van der Waals surface area contributed by atoms with E-state index < -0.39 is 0 Å². The summed E-state index contributed by atoms with van der Waals surface area (Å²) in [5.41, 5.74) is 3.13. The first-order valence-corrected chi connectivity index (χ1v) is 6.55. The SMILES string of the molecule is Clc1nc(-c2ccc3ccccc3c2)c2[nH]cnc2n1. The molecule has 20 heavy (non-hydrogen) atoms. The maximum absolute atomic E-state index is 5.97. The minimum absolute atomic E-state index is 0.202. The Bertz CT molecular complexity index is 929. The molecule has 0 atom stereocenters. The monoisotopic (exact) mass is 280 g/mol. The lowest BCUT2D eigenvalue weighted by Crippen LogP contribution is -1.90. The van der Waals surface area contributed by atoms with Crippen molar-refractivity contribution < 1.29 is 0 Å². The smallest absolute Gasteiger partial charge is 0.225 e. The number of imidazole rings is 1. The number of hydrogen-bond donors (Lipinski definition) is 1. The second-order valence-corrected chi connectivity index (χ2v) is 4.84. The fourth-order valence-corrected chi connectivity index (χ4v) is 2.52. The van der Waals surface area contributed by atoms with Crippen molar-refractivity contribution in [2.45, 2.75) is 0 Å². The lowest BCUT2D eigenvalue weighted by Gasteiger charge is -2.04. The number of H-pyrrole nitrogens is 1. The van der Waals surface area contributed by atoms with Crippen LogP contribution in [-0.4, -0.2) is 19.9 Å². The number of nitrogens with zero attached hydrogens (tertiary/aromatic N) is 3. The molecule has 0 spiro atoms. The molecule has 0 unspecified atom stereocenters. The highest BCUT2D eigenvalue weighted by Gasteiger charge is 2.11. The van der Waals surface area contributed by atoms with E-state index in [2.05, 4.69) is 44.2 Å². The fourth-order valence-electron chi connectivity index (χ4n) is 2.35. The van der Waals surface area contributed by atoms with Crippen molar-refractivity contribution in [2.75, 3.05) is 0 Å². The summed E-state index contributed by atoms with van der Waals surface area (Å²) >= 11 is 5.97. The van der Waals surface area contributed by atoms with Gasteiger partial charge in [0.05, 0.1) is 6.33 Å². The summed E-state index contributed by atoms with van der Waals surface area (Å²) in [7, 11) is 0. The molecule has 0 saturated carbocycles. The van der Waals surface area contributed by atoms with Crippen molar-refractivity contribution in [1.82, 2.24) is 19.9 Å². The van der Waals surface area contributed by atoms with Crippen LogP contribution in [0.3, 0.4) is 0 Å². The molecular weight excluding hydrogens is 272 g/mol. The number of hydrogen-bond acceptors (Lipinski definition) is 3. The normalized spacial score (nSPS) is 11.2. The first kappa shape index (κ1) is 11.4. The highest BCUT2D eigenvalue weighted by Crippen LogP contribution is 2.28. The summed E-state index contributed by atoms with van der Waals surface area (Å²) in [5.74, 6) is 0. The number of halogens is 1. The average Bonchev–Trinajstić information content (AvgIpc) is 2.94. The maximum atomic E-state index is 5.97. The van der Waals surface area contributed by atoms with Gasteiger partial charge in [0.25, 0.3) is 0 Å². The third-order valence-electron chi connectivity index (χ3n) is 3.28. The molecule has 1 N–H and O–H groups in total. The Balaban J connectivity index is 2.02. The molecule has 0 bridgehead atoms. The zero-order chi connectivity index (χ0) is 13.5. The van der Waals surface area contributed by atoms with Crippen LogP contribution in [0, 0.1) is 0 Å². The molecule has 2 aromatic heterocycles. The number of fused-ring (bicyclic) bond motifs is 2. The Morgan fingerprint density at radius 2 is 1.80 bits per heavy atom. The van der Waals surface area contributed by atoms with E-state index in [1.807, 2.05) is 18.2 Å². The van der Waals surface area contributed by atoms with Crippen molar-refractivity contribution in [3.8, 4) is 11.3 Å². The van der Waals surface area contributed by atoms with Gasteiger partial charge in [-0.2, -0.15) is 4.98 Å². The van der Waals surface area contributed by atoms with Crippen LogP contribution in [0.25, 0.3) is 33.2 Å². The van der Waals surface area contributed by atoms with Gasteiger partial charge < -0.3 is 4.98 Å². The van der Waals surface area contributed by atoms with Crippen LogP contribution in [-0.2, 0) is 0 Å². The molecule has 4 nitrogen and oxygen atoms in total. The minimum atomic E-state index is 0.202. The maximum Gasteiger partial charge on any atom is 0.225 e. The van der Waals surface area contributed by atoms with Crippen LogP contribution < -0.4 is 0 Å². The molecule has 5 heteroatoms. The van der Waals surface area contributed by atoms with Crippen LogP contribution in [0.4, 0.5) is 0 Å². The molecule has 0 fully saturated rings. The quantitative estimate of drug-likeness (QED) is 0.539. The van der Waals surface area contributed by atoms with Crippen molar-refractivity contribution >= 4 is 33.5 Å². The van der Waals surface area contributed by atoms with Crippen molar-refractivity contribution in [3.05, 3.63) is 54.1 Å². The Hall–Kier alpha value is -2.46. The van der Waals surface area contributed by atoms with E-state index >= 15 is 0 Å². The Labute approximate surface area is 119 Å². The van der Waals surface area contributed by atoms with E-state index in [0.29, 0.717) is 5.65 Å². The van der Waals surface area contributed by atoms with E-state index in [4.69, 9.17) is 11.6 Å². The van der Waals surface area contributed by atoms with E-state index in [0.717, 1.165) is 22.2 Å². The summed E-state index contributed by atoms with van der Waals surface area (Å²) in [6.07, 6.45) is 1.60. The first-order chi connectivity index (χ1) is 9.81. The molecule has 0 aliphatic heterocycles. The third kappa shape index (κ3) is 1.73. The number of aromatic nitrogens is 4. The van der Waals surface area contributed by atoms with Gasteiger partial charge >= 0.3 is 0 Å². The van der Waals surface area contributed by atoms with Gasteiger partial charge in [-0.05, 0) is 28.4 Å². The number of rotatable bonds is 1. The van der Waals surface area contributed by atoms with Crippen LogP contribution in [0.2, 0.25) is 5.28 Å². The zero-order valence-corrected chi connectivity index (χ0v) is 11.1. The van der Waals surface area contributed by atoms with Gasteiger partial charge in [0.15, 0.2) is 5.65 Å². The Morgan fingerprint density at radius 1 is 0.950 bits per heavy atom. The Kier molecular flexibility index (Phi) is 2.44. The number of nitrogens with one attached hydrogen (secondary N) is 1. The van der Waals surface area contributed by atoms with E-state index in [1.54, 1.807) is 6.33 Å². The summed E-state index contributed by atoms with van der Waals surface area (Å²) in [4.78, 5) is 15.6. The topological polar surface area (TPSA) is 54.5 Å². The molecule has 96 valence electrons. The summed E-state index contributed by atoms with van der Waals surface area (Å²) in [6, 6.07) is 14.4. The van der Waals surface area contributed by atoms with Crippen LogP contribution in [0.1, 0.15) is 0 Å². The van der Waals surface area contributed by atoms with Gasteiger partial charge in [-0.1, -0.05) is 36.4 Å². The fraction of sp³-hybridized carbons (Fsp3) is 0. The van der Waals surface area contributed by atoms with Gasteiger partial charge in [0, 0.05) is 5.56 Å². The molecular formula is C15H9ClN4. The van der Waals surface area contributed by atoms with Gasteiger partial charge in [-0.25, -0.2) is 9.97 Å². The van der Waals surface area contributed by atoms with Gasteiger partial charge in [-0.15, -0.1) is 0 Å². The number of aromatic amines is 1. The van der Waals surface area contributed by atoms with Gasteiger partial charge in [0.2, 0.25) is 5.28 Å². The standard InChI is InChI=1S/C15H9ClN4/c16-15-19-12(13-14(20-15)18-8-17-13)11-6-5-9-3-1-2-4-10(9)7-11/h1-8H,(H,17,18,19,20). The molecule has 0 amide bonds. The predicted octanol–water partition coefficient (Wildman–Crippen LogP) is 3.83. The lowest BCUT2D eigenvalue weighted by atomic mass is 10.0. The number of benzene rings is 2. The van der Waals surface area contributed by atoms with Crippen LogP contribution in [0.15, 0.2) is 48.8 Å². The molecule has 0 aliphatic rings. The second-order valence-electron chi connectivity index (χ2n) is 4.50.